The molecular formula is C20H14ClF3. The first-order valence-corrected chi connectivity index (χ1v) is 7.78. The molecule has 0 heterocycles. The standard InChI is InChI=1S/C20H14ClF3/c21-19(15-9-3-1-4-10-15,16-11-5-2-6-12-16)17-13-7-8-14-18(17)20(22,23)24/h1-14H. The molecular weight excluding hydrogens is 333 g/mol. The average Bonchev–Trinajstić information content (AvgIpc) is 2.62. The van der Waals surface area contributed by atoms with Crippen molar-refractivity contribution in [2.75, 3.05) is 0 Å². The number of halogens is 4. The van der Waals surface area contributed by atoms with Crippen LogP contribution in [0.5, 0.6) is 0 Å². The van der Waals surface area contributed by atoms with E-state index in [4.69, 9.17) is 11.6 Å². The molecule has 0 saturated heterocycles. The lowest BCUT2D eigenvalue weighted by molar-refractivity contribution is -0.138. The lowest BCUT2D eigenvalue weighted by atomic mass is 9.82. The second-order valence-corrected chi connectivity index (χ2v) is 6.00. The van der Waals surface area contributed by atoms with Crippen LogP contribution >= 0.6 is 11.6 Å². The van der Waals surface area contributed by atoms with Crippen molar-refractivity contribution in [2.45, 2.75) is 11.1 Å². The van der Waals surface area contributed by atoms with Crippen LogP contribution in [-0.2, 0) is 11.1 Å². The molecule has 0 aromatic heterocycles. The van der Waals surface area contributed by atoms with E-state index in [0.717, 1.165) is 6.07 Å². The van der Waals surface area contributed by atoms with Gasteiger partial charge in [-0.3, -0.25) is 0 Å². The van der Waals surface area contributed by atoms with Gasteiger partial charge in [0.1, 0.15) is 4.87 Å². The van der Waals surface area contributed by atoms with Crippen molar-refractivity contribution in [3.05, 3.63) is 107 Å². The van der Waals surface area contributed by atoms with Gasteiger partial charge in [0, 0.05) is 0 Å². The van der Waals surface area contributed by atoms with E-state index >= 15 is 0 Å². The molecule has 0 spiro atoms. The molecule has 0 bridgehead atoms. The van der Waals surface area contributed by atoms with Gasteiger partial charge in [-0.1, -0.05) is 78.9 Å². The van der Waals surface area contributed by atoms with Gasteiger partial charge in [-0.05, 0) is 22.8 Å². The zero-order valence-corrected chi connectivity index (χ0v) is 13.4. The molecule has 0 aliphatic rings. The lowest BCUT2D eigenvalue weighted by Gasteiger charge is -2.31. The summed E-state index contributed by atoms with van der Waals surface area (Å²) in [6.07, 6.45) is -4.49. The summed E-state index contributed by atoms with van der Waals surface area (Å²) in [5, 5.41) is 0. The van der Waals surface area contributed by atoms with E-state index in [2.05, 4.69) is 0 Å². The van der Waals surface area contributed by atoms with E-state index in [9.17, 15) is 13.2 Å². The minimum atomic E-state index is -4.49. The highest BCUT2D eigenvalue weighted by Crippen LogP contribution is 2.47. The third-order valence-corrected chi connectivity index (χ3v) is 4.59. The summed E-state index contributed by atoms with van der Waals surface area (Å²) in [6.45, 7) is 0. The molecule has 0 amide bonds. The quantitative estimate of drug-likeness (QED) is 0.389. The predicted molar refractivity (Wildman–Crippen MR) is 90.1 cm³/mol. The fourth-order valence-electron chi connectivity index (χ4n) is 2.84. The van der Waals surface area contributed by atoms with Crippen LogP contribution in [0, 0.1) is 0 Å². The Bertz CT molecular complexity index is 772. The third kappa shape index (κ3) is 2.92. The fourth-order valence-corrected chi connectivity index (χ4v) is 3.26. The van der Waals surface area contributed by atoms with E-state index in [1.54, 1.807) is 54.6 Å². The number of hydrogen-bond acceptors (Lipinski definition) is 0. The van der Waals surface area contributed by atoms with Gasteiger partial charge in [-0.15, -0.1) is 11.6 Å². The van der Waals surface area contributed by atoms with Crippen LogP contribution in [0.3, 0.4) is 0 Å². The summed E-state index contributed by atoms with van der Waals surface area (Å²) in [5.41, 5.74) is 0.480. The van der Waals surface area contributed by atoms with Crippen LogP contribution in [0.1, 0.15) is 22.3 Å². The van der Waals surface area contributed by atoms with Crippen LogP contribution in [0.2, 0.25) is 0 Å². The molecule has 4 heteroatoms. The third-order valence-electron chi connectivity index (χ3n) is 3.95. The Labute approximate surface area is 143 Å². The molecule has 122 valence electrons. The van der Waals surface area contributed by atoms with Crippen LogP contribution in [0.25, 0.3) is 0 Å². The van der Waals surface area contributed by atoms with Crippen LogP contribution < -0.4 is 0 Å². The topological polar surface area (TPSA) is 0 Å². The van der Waals surface area contributed by atoms with Gasteiger partial charge >= 0.3 is 6.18 Å². The van der Waals surface area contributed by atoms with Gasteiger partial charge in [0.15, 0.2) is 0 Å². The second-order valence-electron chi connectivity index (χ2n) is 5.43. The van der Waals surface area contributed by atoms with Crippen molar-refractivity contribution >= 4 is 11.6 Å². The fraction of sp³-hybridized carbons (Fsp3) is 0.100. The normalized spacial score (nSPS) is 12.2. The smallest absolute Gasteiger partial charge is 0.166 e. The Morgan fingerprint density at radius 2 is 0.917 bits per heavy atom. The molecule has 3 aromatic rings. The van der Waals surface area contributed by atoms with Crippen molar-refractivity contribution in [3.63, 3.8) is 0 Å². The summed E-state index contributed by atoms with van der Waals surface area (Å²) in [6, 6.07) is 23.1. The summed E-state index contributed by atoms with van der Waals surface area (Å²) in [5.74, 6) is 0. The highest BCUT2D eigenvalue weighted by Gasteiger charge is 2.42. The van der Waals surface area contributed by atoms with Crippen molar-refractivity contribution in [2.24, 2.45) is 0 Å². The minimum absolute atomic E-state index is 0.0246. The van der Waals surface area contributed by atoms with E-state index < -0.39 is 16.6 Å². The van der Waals surface area contributed by atoms with Crippen molar-refractivity contribution in [1.29, 1.82) is 0 Å². The molecule has 24 heavy (non-hydrogen) atoms. The summed E-state index contributed by atoms with van der Waals surface area (Å²) in [7, 11) is 0. The minimum Gasteiger partial charge on any atom is -0.166 e. The average molecular weight is 347 g/mol. The van der Waals surface area contributed by atoms with Gasteiger partial charge in [0.2, 0.25) is 0 Å². The Balaban J connectivity index is 2.33. The Hall–Kier alpha value is -2.26. The van der Waals surface area contributed by atoms with Gasteiger partial charge in [0.25, 0.3) is 0 Å². The van der Waals surface area contributed by atoms with E-state index in [1.165, 1.54) is 12.1 Å². The molecule has 0 aliphatic carbocycles. The summed E-state index contributed by atoms with van der Waals surface area (Å²) >= 11 is 6.93. The van der Waals surface area contributed by atoms with Gasteiger partial charge in [0.05, 0.1) is 5.56 Å². The first-order valence-electron chi connectivity index (χ1n) is 7.40. The van der Waals surface area contributed by atoms with Crippen LogP contribution in [-0.4, -0.2) is 0 Å². The molecule has 0 aliphatic heterocycles. The predicted octanol–water partition coefficient (Wildman–Crippen LogP) is 6.24. The molecule has 0 radical (unpaired) electrons. The first-order chi connectivity index (χ1) is 11.4. The highest BCUT2D eigenvalue weighted by molar-refractivity contribution is 6.28. The molecule has 0 nitrogen and oxygen atoms in total. The molecule has 0 saturated carbocycles. The molecule has 3 aromatic carbocycles. The number of rotatable bonds is 3. The van der Waals surface area contributed by atoms with Crippen LogP contribution in [0.15, 0.2) is 84.9 Å². The van der Waals surface area contributed by atoms with Crippen molar-refractivity contribution < 1.29 is 13.2 Å². The maximum absolute atomic E-state index is 13.6. The number of alkyl halides is 4. The largest absolute Gasteiger partial charge is 0.416 e. The van der Waals surface area contributed by atoms with Gasteiger partial charge in [-0.2, -0.15) is 13.2 Å². The highest BCUT2D eigenvalue weighted by atomic mass is 35.5. The van der Waals surface area contributed by atoms with E-state index in [0.29, 0.717) is 11.1 Å². The SMILES string of the molecule is FC(F)(F)c1ccccc1C(Cl)(c1ccccc1)c1ccccc1. The zero-order valence-electron chi connectivity index (χ0n) is 12.6. The maximum Gasteiger partial charge on any atom is 0.416 e. The molecule has 3 rings (SSSR count). The van der Waals surface area contributed by atoms with Gasteiger partial charge < -0.3 is 0 Å². The lowest BCUT2D eigenvalue weighted by Crippen LogP contribution is -2.26. The Morgan fingerprint density at radius 1 is 0.542 bits per heavy atom. The van der Waals surface area contributed by atoms with Crippen molar-refractivity contribution in [3.8, 4) is 0 Å². The second kappa shape index (κ2) is 6.33. The molecule has 0 unspecified atom stereocenters. The molecule has 0 N–H and O–H groups in total. The Kier molecular flexibility index (Phi) is 4.37. The van der Waals surface area contributed by atoms with Crippen LogP contribution in [0.4, 0.5) is 13.2 Å². The summed E-state index contributed by atoms with van der Waals surface area (Å²) < 4.78 is 40.7. The zero-order chi connectivity index (χ0) is 17.2. The molecule has 0 atom stereocenters. The maximum atomic E-state index is 13.6. The van der Waals surface area contributed by atoms with Gasteiger partial charge in [-0.25, -0.2) is 0 Å². The first kappa shape index (κ1) is 16.6. The number of benzene rings is 3. The monoisotopic (exact) mass is 346 g/mol. The summed E-state index contributed by atoms with van der Waals surface area (Å²) in [4.78, 5) is -1.42. The van der Waals surface area contributed by atoms with E-state index in [1.807, 2.05) is 12.1 Å². The van der Waals surface area contributed by atoms with E-state index in [-0.39, 0.29) is 5.56 Å². The molecule has 0 fully saturated rings. The van der Waals surface area contributed by atoms with Crippen molar-refractivity contribution in [1.82, 2.24) is 0 Å². The Morgan fingerprint density at radius 3 is 1.33 bits per heavy atom. The number of hydrogen-bond donors (Lipinski definition) is 0.